The molecule has 0 fully saturated rings. The molecule has 2 aromatic carbocycles. The molecule has 0 radical (unpaired) electrons. The van der Waals surface area contributed by atoms with Crippen LogP contribution in [0, 0.1) is 11.8 Å². The molecule has 0 saturated carbocycles. The van der Waals surface area contributed by atoms with E-state index in [1.54, 1.807) is 16.4 Å². The van der Waals surface area contributed by atoms with Gasteiger partial charge < -0.3 is 24.8 Å². The summed E-state index contributed by atoms with van der Waals surface area (Å²) in [7, 11) is -0.0845. The first-order chi connectivity index (χ1) is 14.8. The molecule has 0 saturated heterocycles. The van der Waals surface area contributed by atoms with Gasteiger partial charge in [0.25, 0.3) is 0 Å². The maximum Gasteiger partial charge on any atom is -1.00 e. The van der Waals surface area contributed by atoms with Crippen molar-refractivity contribution in [3.63, 3.8) is 0 Å². The van der Waals surface area contributed by atoms with Crippen molar-refractivity contribution in [1.29, 1.82) is 0 Å². The summed E-state index contributed by atoms with van der Waals surface area (Å²) in [4.78, 5) is 0. The van der Waals surface area contributed by atoms with E-state index >= 15 is 0 Å². The monoisotopic (exact) mass is 684 g/mol. The van der Waals surface area contributed by atoms with E-state index in [9.17, 15) is 0 Å². The van der Waals surface area contributed by atoms with Crippen molar-refractivity contribution in [1.82, 2.24) is 0 Å². The van der Waals surface area contributed by atoms with E-state index in [2.05, 4.69) is 102 Å². The van der Waals surface area contributed by atoms with Crippen molar-refractivity contribution in [3.8, 4) is 0 Å². The molecule has 5 heteroatoms. The van der Waals surface area contributed by atoms with Crippen LogP contribution in [0.3, 0.4) is 0 Å². The van der Waals surface area contributed by atoms with Gasteiger partial charge in [-0.1, -0.05) is 0 Å². The number of allylic oxidation sites excluding steroid dienone is 2. The van der Waals surface area contributed by atoms with Crippen molar-refractivity contribution < 1.29 is 47.7 Å². The van der Waals surface area contributed by atoms with Crippen LogP contribution >= 0.6 is 15.8 Å². The van der Waals surface area contributed by atoms with Crippen molar-refractivity contribution in [2.45, 2.75) is 35.0 Å². The van der Waals surface area contributed by atoms with Gasteiger partial charge in [-0.3, -0.25) is 0 Å². The second-order valence-electron chi connectivity index (χ2n) is 10.0. The molecule has 0 bridgehead atoms. The van der Waals surface area contributed by atoms with Crippen molar-refractivity contribution in [2.75, 3.05) is 25.7 Å². The second-order valence-corrected chi connectivity index (χ2v) is 20.0. The molecular formula is C28H36Cl2HfP2. The van der Waals surface area contributed by atoms with E-state index < -0.39 is 22.9 Å². The Kier molecular flexibility index (Phi) is 11.6. The Hall–Kier alpha value is 0.230. The van der Waals surface area contributed by atoms with Gasteiger partial charge in [-0.25, -0.2) is 0 Å². The summed E-state index contributed by atoms with van der Waals surface area (Å²) in [5, 5.41) is 3.64. The smallest absolute Gasteiger partial charge is 1.00 e. The zero-order chi connectivity index (χ0) is 22.1. The molecule has 2 atom stereocenters. The van der Waals surface area contributed by atoms with Gasteiger partial charge in [0.2, 0.25) is 0 Å². The first-order valence-corrected chi connectivity index (χ1v) is 19.7. The molecule has 0 spiro atoms. The van der Waals surface area contributed by atoms with Crippen molar-refractivity contribution in [2.24, 2.45) is 11.8 Å². The summed E-state index contributed by atoms with van der Waals surface area (Å²) in [5.74, 6) is 1.57. The van der Waals surface area contributed by atoms with Gasteiger partial charge in [-0.2, -0.15) is 0 Å². The summed E-state index contributed by atoms with van der Waals surface area (Å²) in [6, 6.07) is 18.6. The Labute approximate surface area is 228 Å². The van der Waals surface area contributed by atoms with E-state index in [0.29, 0.717) is 0 Å². The Bertz CT molecular complexity index is 987. The second kappa shape index (κ2) is 13.0. The zero-order valence-electron chi connectivity index (χ0n) is 20.6. The fourth-order valence-corrected chi connectivity index (χ4v) is 21.3. The molecule has 0 nitrogen and oxygen atoms in total. The average molecular weight is 684 g/mol. The van der Waals surface area contributed by atoms with Crippen LogP contribution in [0.25, 0.3) is 12.2 Å². The summed E-state index contributed by atoms with van der Waals surface area (Å²) in [6.45, 7) is 14.6. The molecule has 0 amide bonds. The van der Waals surface area contributed by atoms with E-state index in [1.165, 1.54) is 23.5 Å². The van der Waals surface area contributed by atoms with Crippen LogP contribution < -0.4 is 24.8 Å². The predicted octanol–water partition coefficient (Wildman–Crippen LogP) is 2.80. The fraction of sp³-hybridized carbons (Fsp3) is 0.429. The van der Waals surface area contributed by atoms with E-state index in [-0.39, 0.29) is 40.7 Å². The molecule has 0 heterocycles. The summed E-state index contributed by atoms with van der Waals surface area (Å²) >= 11 is -1.06. The van der Waals surface area contributed by atoms with Gasteiger partial charge >= 0.3 is 205 Å². The van der Waals surface area contributed by atoms with Crippen LogP contribution in [0.5, 0.6) is 0 Å². The third kappa shape index (κ3) is 6.71. The van der Waals surface area contributed by atoms with Crippen LogP contribution in [0.15, 0.2) is 59.2 Å². The Balaban J connectivity index is 0.00000193. The van der Waals surface area contributed by atoms with Crippen LogP contribution in [0.4, 0.5) is 0 Å². The molecule has 0 N–H and O–H groups in total. The van der Waals surface area contributed by atoms with Gasteiger partial charge in [-0.15, -0.1) is 0 Å². The van der Waals surface area contributed by atoms with E-state index in [1.807, 2.05) is 5.31 Å². The molecule has 4 rings (SSSR count). The Morgan fingerprint density at radius 1 is 0.697 bits per heavy atom. The van der Waals surface area contributed by atoms with Gasteiger partial charge in [0, 0.05) is 0 Å². The topological polar surface area (TPSA) is 0 Å². The molecule has 0 aliphatic heterocycles. The Morgan fingerprint density at radius 2 is 1.12 bits per heavy atom. The molecule has 2 unspecified atom stereocenters. The summed E-state index contributed by atoms with van der Waals surface area (Å²) in [6.07, 6.45) is 8.00. The number of rotatable bonds is 8. The molecule has 176 valence electrons. The number of hydrogen-bond acceptors (Lipinski definition) is 0. The van der Waals surface area contributed by atoms with Crippen LogP contribution in [-0.4, -0.2) is 25.7 Å². The number of hydrogen-bond donors (Lipinski definition) is 0. The van der Waals surface area contributed by atoms with Gasteiger partial charge in [0.05, 0.1) is 0 Å². The van der Waals surface area contributed by atoms with E-state index in [0.717, 1.165) is 19.2 Å². The third-order valence-electron chi connectivity index (χ3n) is 6.20. The van der Waals surface area contributed by atoms with Gasteiger partial charge in [0.1, 0.15) is 0 Å². The van der Waals surface area contributed by atoms with Crippen molar-refractivity contribution in [3.05, 3.63) is 81.4 Å². The minimum Gasteiger partial charge on any atom is -1.00 e. The summed E-state index contributed by atoms with van der Waals surface area (Å²) in [5.41, 5.74) is 6.36. The molecule has 2 aliphatic rings. The standard InChI is InChI=1S/C17H24P.C11H12P.2ClH.Hf/c1-13(2)11-18(12-14(3)4)17-9-15-7-5-6-8-16(15)10-17;1-12(2)11-7-9-5-3-4-6-10(9)8-11;;;/h5-10,13-14H,11-12H2,1-4H3;3-8H,1-2H3;2*1H;/q;;;;+2/p-2. The molecular weight excluding hydrogens is 648 g/mol. The number of fused-ring (bicyclic) bond motifs is 2. The van der Waals surface area contributed by atoms with Crippen LogP contribution in [-0.2, 0) is 22.9 Å². The predicted molar refractivity (Wildman–Crippen MR) is 139 cm³/mol. The minimum absolute atomic E-state index is 0. The molecule has 0 aromatic heterocycles. The fourth-order valence-electron chi connectivity index (χ4n) is 4.96. The normalized spacial score (nSPS) is 18.5. The third-order valence-corrected chi connectivity index (χ3v) is 19.7. The quantitative estimate of drug-likeness (QED) is 0.297. The van der Waals surface area contributed by atoms with Crippen LogP contribution in [0.1, 0.15) is 57.3 Å². The maximum atomic E-state index is 2.65. The summed E-state index contributed by atoms with van der Waals surface area (Å²) < 4.78 is 1.54. The van der Waals surface area contributed by atoms with Crippen molar-refractivity contribution >= 4 is 28.0 Å². The first kappa shape index (κ1) is 29.5. The molecule has 33 heavy (non-hydrogen) atoms. The largest absolute Gasteiger partial charge is 1.00 e. The van der Waals surface area contributed by atoms with Crippen LogP contribution in [0.2, 0.25) is 0 Å². The van der Waals surface area contributed by atoms with E-state index in [4.69, 9.17) is 0 Å². The van der Waals surface area contributed by atoms with Gasteiger partial charge in [-0.05, 0) is 0 Å². The minimum atomic E-state index is -1.06. The Morgan fingerprint density at radius 3 is 1.58 bits per heavy atom. The zero-order valence-corrected chi connectivity index (χ0v) is 27.5. The number of halogens is 2. The first-order valence-electron chi connectivity index (χ1n) is 11.6. The SMILES string of the molecule is CC(C)CP(CC(C)C)C1=Cc2ccccc2[CH]1[Hf+2][CH]1C(P(C)C)=Cc2ccccc21.[Cl-].[Cl-]. The molecule has 2 aromatic rings. The maximum absolute atomic E-state index is 2.65. The van der Waals surface area contributed by atoms with Gasteiger partial charge in [0.15, 0.2) is 0 Å². The average Bonchev–Trinajstić information content (AvgIpc) is 3.26. The molecule has 2 aliphatic carbocycles. The number of benzene rings is 2.